The van der Waals surface area contributed by atoms with E-state index in [0.717, 1.165) is 0 Å². The summed E-state index contributed by atoms with van der Waals surface area (Å²) in [6, 6.07) is -1.82. The van der Waals surface area contributed by atoms with Gasteiger partial charge in [0, 0.05) is 0 Å². The van der Waals surface area contributed by atoms with Gasteiger partial charge in [-0.25, -0.2) is 4.99 Å². The van der Waals surface area contributed by atoms with E-state index in [0.29, 0.717) is 0 Å². The Morgan fingerprint density at radius 1 is 1.44 bits per heavy atom. The molecule has 0 saturated carbocycles. The largest absolute Gasteiger partial charge is 0.471 e. The molecule has 1 aliphatic rings. The number of amides is 1. The van der Waals surface area contributed by atoms with Gasteiger partial charge in [-0.2, -0.15) is 13.2 Å². The van der Waals surface area contributed by atoms with E-state index in [9.17, 15) is 18.0 Å². The fourth-order valence-corrected chi connectivity index (χ4v) is 1.64. The van der Waals surface area contributed by atoms with Crippen molar-refractivity contribution in [1.82, 2.24) is 5.32 Å². The normalized spacial score (nSPS) is 25.9. The van der Waals surface area contributed by atoms with Crippen molar-refractivity contribution in [3.05, 3.63) is 0 Å². The molecule has 0 spiro atoms. The van der Waals surface area contributed by atoms with E-state index in [4.69, 9.17) is 23.2 Å². The molecule has 2 atom stereocenters. The van der Waals surface area contributed by atoms with Crippen LogP contribution in [0.1, 0.15) is 6.92 Å². The SMILES string of the molecule is CC1N=C(Cl)N=C(Cl)C1NC(=O)C(F)(F)F. The van der Waals surface area contributed by atoms with Crippen molar-refractivity contribution in [2.24, 2.45) is 9.98 Å². The molecule has 2 unspecified atom stereocenters. The fraction of sp³-hybridized carbons (Fsp3) is 0.571. The highest BCUT2D eigenvalue weighted by Crippen LogP contribution is 2.18. The summed E-state index contributed by atoms with van der Waals surface area (Å²) in [6.07, 6.45) is -4.97. The lowest BCUT2D eigenvalue weighted by Gasteiger charge is -2.24. The number of alkyl halides is 3. The van der Waals surface area contributed by atoms with Gasteiger partial charge in [0.25, 0.3) is 0 Å². The summed E-state index contributed by atoms with van der Waals surface area (Å²) in [4.78, 5) is 17.8. The number of nitrogens with one attached hydrogen (secondary N) is 1. The monoisotopic (exact) mass is 275 g/mol. The quantitative estimate of drug-likeness (QED) is 0.728. The Kier molecular flexibility index (Phi) is 3.80. The molecule has 1 rings (SSSR count). The van der Waals surface area contributed by atoms with Crippen molar-refractivity contribution >= 4 is 39.6 Å². The topological polar surface area (TPSA) is 53.8 Å². The van der Waals surface area contributed by atoms with Gasteiger partial charge in [0.2, 0.25) is 5.29 Å². The van der Waals surface area contributed by atoms with Crippen molar-refractivity contribution < 1.29 is 18.0 Å². The van der Waals surface area contributed by atoms with E-state index in [-0.39, 0.29) is 10.5 Å². The Bertz CT molecular complexity index is 366. The van der Waals surface area contributed by atoms with Gasteiger partial charge >= 0.3 is 12.1 Å². The first-order chi connectivity index (χ1) is 7.21. The van der Waals surface area contributed by atoms with E-state index < -0.39 is 24.2 Å². The molecule has 1 aliphatic heterocycles. The molecule has 0 aromatic rings. The maximum Gasteiger partial charge on any atom is 0.471 e. The first kappa shape index (κ1) is 13.2. The number of carbonyl (C=O) groups excluding carboxylic acids is 1. The van der Waals surface area contributed by atoms with Gasteiger partial charge in [-0.15, -0.1) is 0 Å². The molecule has 16 heavy (non-hydrogen) atoms. The molecule has 1 N–H and O–H groups in total. The van der Waals surface area contributed by atoms with Crippen molar-refractivity contribution in [2.45, 2.75) is 25.2 Å². The van der Waals surface area contributed by atoms with Crippen LogP contribution in [0.3, 0.4) is 0 Å². The lowest BCUT2D eigenvalue weighted by atomic mass is 10.1. The minimum Gasteiger partial charge on any atom is -0.337 e. The highest BCUT2D eigenvalue weighted by Gasteiger charge is 2.41. The number of aliphatic imine (C=N–C) groups is 2. The van der Waals surface area contributed by atoms with E-state index in [1.54, 1.807) is 5.32 Å². The molecular formula is C7H6Cl2F3N3O. The Morgan fingerprint density at radius 3 is 2.44 bits per heavy atom. The summed E-state index contributed by atoms with van der Waals surface area (Å²) in [6.45, 7) is 1.46. The van der Waals surface area contributed by atoms with Crippen LogP contribution in [0.15, 0.2) is 9.98 Å². The highest BCUT2D eigenvalue weighted by atomic mass is 35.5. The molecule has 90 valence electrons. The van der Waals surface area contributed by atoms with Crippen LogP contribution in [0, 0.1) is 0 Å². The van der Waals surface area contributed by atoms with Gasteiger partial charge in [0.1, 0.15) is 11.2 Å². The summed E-state index contributed by atoms with van der Waals surface area (Å²) < 4.78 is 35.9. The summed E-state index contributed by atoms with van der Waals surface area (Å²) in [5.41, 5.74) is 0. The van der Waals surface area contributed by atoms with Crippen LogP contribution in [-0.4, -0.2) is 34.6 Å². The van der Waals surface area contributed by atoms with Gasteiger partial charge in [-0.3, -0.25) is 9.79 Å². The van der Waals surface area contributed by atoms with Gasteiger partial charge in [-0.1, -0.05) is 11.6 Å². The number of halogens is 5. The third-order valence-corrected chi connectivity index (χ3v) is 2.29. The minimum absolute atomic E-state index is 0.157. The van der Waals surface area contributed by atoms with Crippen LogP contribution < -0.4 is 5.32 Å². The number of rotatable bonds is 1. The molecule has 1 heterocycles. The Balaban J connectivity index is 2.77. The molecule has 0 aromatic heterocycles. The van der Waals surface area contributed by atoms with Crippen LogP contribution in [0.2, 0.25) is 0 Å². The average molecular weight is 276 g/mol. The molecule has 0 fully saturated rings. The van der Waals surface area contributed by atoms with Crippen molar-refractivity contribution in [2.75, 3.05) is 0 Å². The molecule has 0 bridgehead atoms. The first-order valence-electron chi connectivity index (χ1n) is 4.07. The van der Waals surface area contributed by atoms with E-state index >= 15 is 0 Å². The van der Waals surface area contributed by atoms with Gasteiger partial charge in [0.05, 0.1) is 6.04 Å². The zero-order valence-electron chi connectivity index (χ0n) is 7.85. The van der Waals surface area contributed by atoms with Crippen LogP contribution in [-0.2, 0) is 4.79 Å². The summed E-state index contributed by atoms with van der Waals surface area (Å²) in [5, 5.41) is 1.30. The molecule has 4 nitrogen and oxygen atoms in total. The van der Waals surface area contributed by atoms with Crippen molar-refractivity contribution in [3.8, 4) is 0 Å². The van der Waals surface area contributed by atoms with Gasteiger partial charge in [0.15, 0.2) is 0 Å². The Hall–Kier alpha value is -0.820. The maximum absolute atomic E-state index is 12.0. The zero-order valence-corrected chi connectivity index (χ0v) is 9.36. The van der Waals surface area contributed by atoms with Crippen molar-refractivity contribution in [3.63, 3.8) is 0 Å². The third kappa shape index (κ3) is 3.08. The Morgan fingerprint density at radius 2 is 2.00 bits per heavy atom. The third-order valence-electron chi connectivity index (χ3n) is 1.79. The number of hydrogen-bond acceptors (Lipinski definition) is 3. The minimum atomic E-state index is -4.97. The van der Waals surface area contributed by atoms with Crippen LogP contribution >= 0.6 is 23.2 Å². The molecule has 0 saturated heterocycles. The maximum atomic E-state index is 12.0. The van der Waals surface area contributed by atoms with Gasteiger partial charge < -0.3 is 5.32 Å². The lowest BCUT2D eigenvalue weighted by Crippen LogP contribution is -2.51. The molecule has 9 heteroatoms. The second kappa shape index (κ2) is 4.58. The zero-order chi connectivity index (χ0) is 12.5. The second-order valence-electron chi connectivity index (χ2n) is 3.02. The molecule has 1 amide bonds. The predicted octanol–water partition coefficient (Wildman–Crippen LogP) is 1.67. The summed E-state index contributed by atoms with van der Waals surface area (Å²) >= 11 is 11.0. The molecule has 0 aromatic carbocycles. The standard InChI is InChI=1S/C7H6Cl2F3N3O/c1-2-3(4(8)15-6(9)13-2)14-5(16)7(10,11)12/h2-3H,1H3,(H,14,16). The highest BCUT2D eigenvalue weighted by molar-refractivity contribution is 6.72. The number of hydrogen-bond donors (Lipinski definition) is 1. The van der Waals surface area contributed by atoms with Gasteiger partial charge in [-0.05, 0) is 18.5 Å². The molecule has 0 aliphatic carbocycles. The van der Waals surface area contributed by atoms with E-state index in [1.807, 2.05) is 0 Å². The predicted molar refractivity (Wildman–Crippen MR) is 54.0 cm³/mol. The second-order valence-corrected chi connectivity index (χ2v) is 3.75. The van der Waals surface area contributed by atoms with Crippen molar-refractivity contribution in [1.29, 1.82) is 0 Å². The number of amidine groups is 1. The molecule has 0 radical (unpaired) electrons. The number of nitrogens with zero attached hydrogens (tertiary/aromatic N) is 2. The van der Waals surface area contributed by atoms with Crippen LogP contribution in [0.25, 0.3) is 0 Å². The fourth-order valence-electron chi connectivity index (χ4n) is 1.03. The van der Waals surface area contributed by atoms with E-state index in [1.165, 1.54) is 6.92 Å². The summed E-state index contributed by atoms with van der Waals surface area (Å²) in [5.74, 6) is -2.09. The average Bonchev–Trinajstić information content (AvgIpc) is 2.08. The number of carbonyl (C=O) groups is 1. The summed E-state index contributed by atoms with van der Waals surface area (Å²) in [7, 11) is 0. The smallest absolute Gasteiger partial charge is 0.337 e. The first-order valence-corrected chi connectivity index (χ1v) is 4.82. The Labute approximate surface area is 98.5 Å². The van der Waals surface area contributed by atoms with Crippen LogP contribution in [0.5, 0.6) is 0 Å². The lowest BCUT2D eigenvalue weighted by molar-refractivity contribution is -0.174. The molecular weight excluding hydrogens is 270 g/mol. The van der Waals surface area contributed by atoms with E-state index in [2.05, 4.69) is 9.98 Å². The van der Waals surface area contributed by atoms with Crippen LogP contribution in [0.4, 0.5) is 13.2 Å².